The Balaban J connectivity index is 2.20. The van der Waals surface area contributed by atoms with Gasteiger partial charge in [-0.15, -0.1) is 0 Å². The Labute approximate surface area is 100 Å². The van der Waals surface area contributed by atoms with Gasteiger partial charge in [-0.1, -0.05) is 18.2 Å². The number of anilines is 1. The van der Waals surface area contributed by atoms with E-state index in [9.17, 15) is 9.59 Å². The largest absolute Gasteiger partial charge is 0.356 e. The van der Waals surface area contributed by atoms with Crippen molar-refractivity contribution in [2.45, 2.75) is 12.8 Å². The molecule has 92 valence electrons. The molecule has 1 aromatic carbocycles. The quantitative estimate of drug-likeness (QED) is 0.670. The van der Waals surface area contributed by atoms with Gasteiger partial charge in [-0.2, -0.15) is 0 Å². The molecule has 0 aliphatic carbocycles. The maximum atomic E-state index is 11.5. The van der Waals surface area contributed by atoms with Crippen molar-refractivity contribution in [3.05, 3.63) is 30.3 Å². The van der Waals surface area contributed by atoms with E-state index in [0.29, 0.717) is 19.5 Å². The second kappa shape index (κ2) is 7.40. The molecule has 0 unspecified atom stereocenters. The molecule has 0 aliphatic heterocycles. The van der Waals surface area contributed by atoms with Gasteiger partial charge >= 0.3 is 0 Å². The molecule has 0 saturated heterocycles. The number of nitrogens with one attached hydrogen (secondary N) is 2. The van der Waals surface area contributed by atoms with E-state index in [1.54, 1.807) is 0 Å². The maximum absolute atomic E-state index is 11.5. The van der Waals surface area contributed by atoms with E-state index in [4.69, 9.17) is 5.73 Å². The van der Waals surface area contributed by atoms with Gasteiger partial charge < -0.3 is 16.4 Å². The van der Waals surface area contributed by atoms with E-state index in [1.807, 2.05) is 30.3 Å². The van der Waals surface area contributed by atoms with Crippen molar-refractivity contribution >= 4 is 17.5 Å². The Hall–Kier alpha value is -1.88. The molecular weight excluding hydrogens is 218 g/mol. The molecule has 0 atom stereocenters. The number of benzene rings is 1. The highest BCUT2D eigenvalue weighted by Crippen LogP contribution is 2.04. The summed E-state index contributed by atoms with van der Waals surface area (Å²) in [6, 6.07) is 9.19. The standard InChI is InChI=1S/C12H17N3O2/c13-8-6-11(16)14-9-7-12(17)15-10-4-2-1-3-5-10/h1-5H,6-9,13H2,(H,14,16)(H,15,17). The van der Waals surface area contributed by atoms with Gasteiger partial charge in [-0.3, -0.25) is 9.59 Å². The number of hydrogen-bond acceptors (Lipinski definition) is 3. The van der Waals surface area contributed by atoms with E-state index >= 15 is 0 Å². The number of carbonyl (C=O) groups excluding carboxylic acids is 2. The second-order valence-electron chi connectivity index (χ2n) is 3.55. The summed E-state index contributed by atoms with van der Waals surface area (Å²) in [5.74, 6) is -0.246. The van der Waals surface area contributed by atoms with Gasteiger partial charge in [-0.25, -0.2) is 0 Å². The predicted molar refractivity (Wildman–Crippen MR) is 66.4 cm³/mol. The highest BCUT2D eigenvalue weighted by molar-refractivity contribution is 5.91. The lowest BCUT2D eigenvalue weighted by molar-refractivity contribution is -0.121. The van der Waals surface area contributed by atoms with E-state index < -0.39 is 0 Å². The van der Waals surface area contributed by atoms with Crippen LogP contribution >= 0.6 is 0 Å². The zero-order valence-electron chi connectivity index (χ0n) is 9.61. The molecule has 0 aromatic heterocycles. The normalized spacial score (nSPS) is 9.71. The first-order valence-corrected chi connectivity index (χ1v) is 5.54. The molecule has 0 aliphatic rings. The summed E-state index contributed by atoms with van der Waals surface area (Å²) in [7, 11) is 0. The summed E-state index contributed by atoms with van der Waals surface area (Å²) >= 11 is 0. The lowest BCUT2D eigenvalue weighted by Crippen LogP contribution is -2.29. The number of para-hydroxylation sites is 1. The van der Waals surface area contributed by atoms with Crippen LogP contribution in [0, 0.1) is 0 Å². The van der Waals surface area contributed by atoms with Gasteiger partial charge in [-0.05, 0) is 12.1 Å². The summed E-state index contributed by atoms with van der Waals surface area (Å²) in [4.78, 5) is 22.5. The van der Waals surface area contributed by atoms with Crippen molar-refractivity contribution in [2.75, 3.05) is 18.4 Å². The van der Waals surface area contributed by atoms with Crippen LogP contribution in [0.3, 0.4) is 0 Å². The number of amides is 2. The summed E-state index contributed by atoms with van der Waals surface area (Å²) in [6.45, 7) is 0.652. The summed E-state index contributed by atoms with van der Waals surface area (Å²) in [5.41, 5.74) is 5.98. The molecule has 5 nitrogen and oxygen atoms in total. The molecule has 0 saturated carbocycles. The van der Waals surface area contributed by atoms with Crippen molar-refractivity contribution in [2.24, 2.45) is 5.73 Å². The van der Waals surface area contributed by atoms with Crippen LogP contribution in [0.25, 0.3) is 0 Å². The Morgan fingerprint density at radius 3 is 2.41 bits per heavy atom. The van der Waals surface area contributed by atoms with Crippen LogP contribution in [0.5, 0.6) is 0 Å². The minimum atomic E-state index is -0.125. The average molecular weight is 235 g/mol. The highest BCUT2D eigenvalue weighted by Gasteiger charge is 2.03. The molecule has 0 heterocycles. The van der Waals surface area contributed by atoms with Crippen LogP contribution in [0.2, 0.25) is 0 Å². The first-order valence-electron chi connectivity index (χ1n) is 5.54. The van der Waals surface area contributed by atoms with E-state index in [1.165, 1.54) is 0 Å². The molecule has 5 heteroatoms. The highest BCUT2D eigenvalue weighted by atomic mass is 16.2. The molecule has 1 aromatic rings. The van der Waals surface area contributed by atoms with E-state index in [2.05, 4.69) is 10.6 Å². The summed E-state index contributed by atoms with van der Waals surface area (Å²) in [6.07, 6.45) is 0.547. The first kappa shape index (κ1) is 13.2. The number of nitrogens with two attached hydrogens (primary N) is 1. The average Bonchev–Trinajstić information content (AvgIpc) is 2.30. The minimum Gasteiger partial charge on any atom is -0.356 e. The fourth-order valence-electron chi connectivity index (χ4n) is 1.28. The van der Waals surface area contributed by atoms with Gasteiger partial charge in [0, 0.05) is 31.6 Å². The number of carbonyl (C=O) groups is 2. The van der Waals surface area contributed by atoms with Crippen LogP contribution in [0.4, 0.5) is 5.69 Å². The summed E-state index contributed by atoms with van der Waals surface area (Å²) < 4.78 is 0. The fourth-order valence-corrected chi connectivity index (χ4v) is 1.28. The molecule has 1 rings (SSSR count). The van der Waals surface area contributed by atoms with Gasteiger partial charge in [0.05, 0.1) is 0 Å². The monoisotopic (exact) mass is 235 g/mol. The minimum absolute atomic E-state index is 0.121. The summed E-state index contributed by atoms with van der Waals surface area (Å²) in [5, 5.41) is 5.35. The Morgan fingerprint density at radius 2 is 1.76 bits per heavy atom. The second-order valence-corrected chi connectivity index (χ2v) is 3.55. The molecule has 0 fully saturated rings. The van der Waals surface area contributed by atoms with Crippen molar-refractivity contribution in [1.29, 1.82) is 0 Å². The van der Waals surface area contributed by atoms with Gasteiger partial charge in [0.25, 0.3) is 0 Å². The lowest BCUT2D eigenvalue weighted by Gasteiger charge is -2.06. The van der Waals surface area contributed by atoms with Gasteiger partial charge in [0.2, 0.25) is 11.8 Å². The predicted octanol–water partition coefficient (Wildman–Crippen LogP) is 0.480. The van der Waals surface area contributed by atoms with Crippen LogP contribution in [-0.4, -0.2) is 24.9 Å². The van der Waals surface area contributed by atoms with Crippen LogP contribution in [-0.2, 0) is 9.59 Å². The van der Waals surface area contributed by atoms with Crippen LogP contribution < -0.4 is 16.4 Å². The lowest BCUT2D eigenvalue weighted by atomic mass is 10.3. The van der Waals surface area contributed by atoms with Crippen molar-refractivity contribution in [1.82, 2.24) is 5.32 Å². The molecule has 4 N–H and O–H groups in total. The van der Waals surface area contributed by atoms with Crippen molar-refractivity contribution in [3.63, 3.8) is 0 Å². The van der Waals surface area contributed by atoms with Crippen LogP contribution in [0.1, 0.15) is 12.8 Å². The Bertz CT molecular complexity index is 365. The third-order valence-corrected chi connectivity index (χ3v) is 2.10. The molecule has 2 amide bonds. The molecule has 17 heavy (non-hydrogen) atoms. The molecule has 0 radical (unpaired) electrons. The van der Waals surface area contributed by atoms with Crippen molar-refractivity contribution < 1.29 is 9.59 Å². The third kappa shape index (κ3) is 5.67. The molecule has 0 bridgehead atoms. The van der Waals surface area contributed by atoms with Gasteiger partial charge in [0.1, 0.15) is 0 Å². The third-order valence-electron chi connectivity index (χ3n) is 2.10. The molecular formula is C12H17N3O2. The topological polar surface area (TPSA) is 84.2 Å². The Kier molecular flexibility index (Phi) is 5.74. The van der Waals surface area contributed by atoms with E-state index in [-0.39, 0.29) is 18.2 Å². The number of rotatable bonds is 6. The zero-order chi connectivity index (χ0) is 12.5. The first-order chi connectivity index (χ1) is 8.22. The fraction of sp³-hybridized carbons (Fsp3) is 0.333. The zero-order valence-corrected chi connectivity index (χ0v) is 9.61. The van der Waals surface area contributed by atoms with Crippen molar-refractivity contribution in [3.8, 4) is 0 Å². The van der Waals surface area contributed by atoms with Gasteiger partial charge in [0.15, 0.2) is 0 Å². The Morgan fingerprint density at radius 1 is 1.06 bits per heavy atom. The smallest absolute Gasteiger partial charge is 0.226 e. The SMILES string of the molecule is NCCC(=O)NCCC(=O)Nc1ccccc1. The van der Waals surface area contributed by atoms with Crippen LogP contribution in [0.15, 0.2) is 30.3 Å². The number of hydrogen-bond donors (Lipinski definition) is 3. The maximum Gasteiger partial charge on any atom is 0.226 e. The molecule has 0 spiro atoms. The van der Waals surface area contributed by atoms with E-state index in [0.717, 1.165) is 5.69 Å².